The lowest BCUT2D eigenvalue weighted by molar-refractivity contribution is -0.229. The van der Waals surface area contributed by atoms with E-state index in [1.807, 2.05) is 30.3 Å². The van der Waals surface area contributed by atoms with Gasteiger partial charge in [-0.25, -0.2) is 23.6 Å². The van der Waals surface area contributed by atoms with Gasteiger partial charge in [-0.05, 0) is 30.7 Å². The Bertz CT molecular complexity index is 1290. The van der Waals surface area contributed by atoms with Gasteiger partial charge in [0.2, 0.25) is 6.23 Å². The van der Waals surface area contributed by atoms with Crippen molar-refractivity contribution >= 4 is 20.3 Å². The number of halogens is 2. The van der Waals surface area contributed by atoms with Gasteiger partial charge in [0.15, 0.2) is 0 Å². The maximum atomic E-state index is 14.6. The van der Waals surface area contributed by atoms with Crippen molar-refractivity contribution in [1.29, 1.82) is 0 Å². The first-order valence-electron chi connectivity index (χ1n) is 11.9. The van der Waals surface area contributed by atoms with Crippen molar-refractivity contribution in [2.45, 2.75) is 44.2 Å². The van der Waals surface area contributed by atoms with Crippen molar-refractivity contribution in [3.8, 4) is 5.75 Å². The Kier molecular flexibility index (Phi) is 9.54. The third-order valence-electron chi connectivity index (χ3n) is 5.47. The zero-order chi connectivity index (χ0) is 27.8. The van der Waals surface area contributed by atoms with E-state index in [9.17, 15) is 18.4 Å². The Morgan fingerprint density at radius 2 is 1.90 bits per heavy atom. The van der Waals surface area contributed by atoms with Crippen LogP contribution in [-0.4, -0.2) is 40.2 Å². The molecular formula is C25H27F2N4O7P. The number of nitrogens with one attached hydrogen (secondary N) is 1. The van der Waals surface area contributed by atoms with Crippen molar-refractivity contribution in [2.75, 3.05) is 12.3 Å². The first-order valence-corrected chi connectivity index (χ1v) is 13.1. The molecule has 0 aliphatic carbocycles. The maximum absolute atomic E-state index is 14.6. The Hall–Kier alpha value is -3.48. The minimum Gasteiger partial charge on any atom is -0.460 e. The summed E-state index contributed by atoms with van der Waals surface area (Å²) in [6.45, 7) is 1.24. The first-order chi connectivity index (χ1) is 18.7. The van der Waals surface area contributed by atoms with Crippen LogP contribution in [-0.2, 0) is 30.4 Å². The number of carbonyl (C=O) groups excluding carboxylic acids is 1. The molecule has 1 aliphatic rings. The number of nitrogens with two attached hydrogens (primary N) is 1. The fourth-order valence-corrected chi connectivity index (χ4v) is 4.58. The number of benzene rings is 2. The monoisotopic (exact) mass is 564 g/mol. The minimum absolute atomic E-state index is 0.0849. The predicted molar refractivity (Wildman–Crippen MR) is 136 cm³/mol. The van der Waals surface area contributed by atoms with Crippen LogP contribution in [0.1, 0.15) is 25.1 Å². The number of hydrogen-bond acceptors (Lipinski definition) is 10. The molecule has 0 spiro atoms. The van der Waals surface area contributed by atoms with E-state index in [0.717, 1.165) is 11.8 Å². The molecule has 0 radical (unpaired) electrons. The average molecular weight is 564 g/mol. The molecule has 208 valence electrons. The molecule has 4 rings (SSSR count). The molecule has 39 heavy (non-hydrogen) atoms. The largest absolute Gasteiger partial charge is 0.460 e. The summed E-state index contributed by atoms with van der Waals surface area (Å²) in [7, 11) is -2.08. The van der Waals surface area contributed by atoms with Gasteiger partial charge in [0.05, 0.1) is 6.10 Å². The molecule has 1 saturated heterocycles. The van der Waals surface area contributed by atoms with Crippen LogP contribution in [0.25, 0.3) is 0 Å². The second-order valence-electron chi connectivity index (χ2n) is 8.58. The van der Waals surface area contributed by atoms with Crippen molar-refractivity contribution in [1.82, 2.24) is 14.6 Å². The third-order valence-corrected chi connectivity index (χ3v) is 6.68. The molecule has 3 N–H and O–H groups in total. The summed E-state index contributed by atoms with van der Waals surface area (Å²) in [6.07, 6.45) is -2.63. The minimum atomic E-state index is -3.38. The number of carbonyl (C=O) groups is 1. The lowest BCUT2D eigenvalue weighted by Gasteiger charge is -2.21. The van der Waals surface area contributed by atoms with Gasteiger partial charge < -0.3 is 19.7 Å². The van der Waals surface area contributed by atoms with Gasteiger partial charge in [0.1, 0.15) is 30.8 Å². The van der Waals surface area contributed by atoms with Crippen molar-refractivity contribution < 1.29 is 37.1 Å². The normalized spacial score (nSPS) is 19.8. The molecular weight excluding hydrogens is 537 g/mol. The molecule has 0 amide bonds. The Morgan fingerprint density at radius 3 is 2.59 bits per heavy atom. The SMILES string of the molecule is CC(NP(OOCC1CC(F)(F)C(n2ccc(N)nc2=O)O1)Oc1ccccc1)C(=O)OCc1ccccc1. The smallest absolute Gasteiger partial charge is 0.351 e. The van der Waals surface area contributed by atoms with E-state index >= 15 is 0 Å². The number of hydrogen-bond donors (Lipinski definition) is 2. The van der Waals surface area contributed by atoms with Gasteiger partial charge in [0, 0.05) is 12.6 Å². The Labute approximate surface area is 223 Å². The van der Waals surface area contributed by atoms with Gasteiger partial charge in [-0.3, -0.25) is 9.36 Å². The highest BCUT2D eigenvalue weighted by Crippen LogP contribution is 2.42. The van der Waals surface area contributed by atoms with Crippen molar-refractivity contribution in [3.63, 3.8) is 0 Å². The zero-order valence-corrected chi connectivity index (χ0v) is 21.7. The number of alkyl halides is 2. The lowest BCUT2D eigenvalue weighted by Crippen LogP contribution is -2.35. The van der Waals surface area contributed by atoms with E-state index in [0.29, 0.717) is 10.3 Å². The second kappa shape index (κ2) is 13.0. The number of esters is 1. The number of nitrogens with zero attached hydrogens (tertiary/aromatic N) is 2. The van der Waals surface area contributed by atoms with Gasteiger partial charge in [-0.1, -0.05) is 48.5 Å². The number of anilines is 1. The van der Waals surface area contributed by atoms with Gasteiger partial charge in [0.25, 0.3) is 5.92 Å². The summed E-state index contributed by atoms with van der Waals surface area (Å²) in [5.41, 5.74) is 5.29. The van der Waals surface area contributed by atoms with Crippen molar-refractivity contribution in [2.24, 2.45) is 0 Å². The molecule has 3 aromatic rings. The van der Waals surface area contributed by atoms with Crippen LogP contribution in [0.5, 0.6) is 5.75 Å². The first kappa shape index (κ1) is 28.5. The average Bonchev–Trinajstić information content (AvgIpc) is 3.21. The fourth-order valence-electron chi connectivity index (χ4n) is 3.56. The molecule has 2 heterocycles. The highest BCUT2D eigenvalue weighted by molar-refractivity contribution is 7.45. The molecule has 0 bridgehead atoms. The summed E-state index contributed by atoms with van der Waals surface area (Å²) < 4.78 is 51.7. The van der Waals surface area contributed by atoms with Crippen LogP contribution in [0, 0.1) is 0 Å². The second-order valence-corrected chi connectivity index (χ2v) is 9.69. The quantitative estimate of drug-likeness (QED) is 0.145. The summed E-state index contributed by atoms with van der Waals surface area (Å²) in [5, 5.41) is 2.86. The summed E-state index contributed by atoms with van der Waals surface area (Å²) in [6, 6.07) is 18.2. The van der Waals surface area contributed by atoms with Gasteiger partial charge >= 0.3 is 20.2 Å². The number of ether oxygens (including phenoxy) is 2. The summed E-state index contributed by atoms with van der Waals surface area (Å²) >= 11 is 0. The van der Waals surface area contributed by atoms with Crippen LogP contribution in [0.2, 0.25) is 0 Å². The predicted octanol–water partition coefficient (Wildman–Crippen LogP) is 3.72. The van der Waals surface area contributed by atoms with E-state index in [2.05, 4.69) is 10.1 Å². The molecule has 4 atom stereocenters. The lowest BCUT2D eigenvalue weighted by atomic mass is 10.2. The number of para-hydroxylation sites is 1. The van der Waals surface area contributed by atoms with Crippen LogP contribution in [0.3, 0.4) is 0 Å². The molecule has 1 aliphatic heterocycles. The van der Waals surface area contributed by atoms with Crippen molar-refractivity contribution in [3.05, 3.63) is 89.0 Å². The van der Waals surface area contributed by atoms with Crippen LogP contribution in [0.15, 0.2) is 77.7 Å². The standard InChI is InChI=1S/C25H27F2N4O7P/c1-17(22(32)34-15-18-8-4-2-5-9-18)30-39(37-19-10-6-3-7-11-19)38-35-16-20-14-25(26,27)23(36-20)31-13-12-21(28)29-24(31)33/h2-13,17,20,23,30H,14-16H2,1H3,(H2,28,29,33). The van der Waals surface area contributed by atoms with E-state index in [1.165, 1.54) is 6.07 Å². The molecule has 1 fully saturated rings. The van der Waals surface area contributed by atoms with E-state index in [-0.39, 0.29) is 12.4 Å². The Balaban J connectivity index is 1.33. The summed E-state index contributed by atoms with van der Waals surface area (Å²) in [5.74, 6) is -3.61. The fraction of sp³-hybridized carbons (Fsp3) is 0.320. The van der Waals surface area contributed by atoms with Gasteiger partial charge in [-0.2, -0.15) is 9.66 Å². The number of nitrogen functional groups attached to an aromatic ring is 1. The highest BCUT2D eigenvalue weighted by atomic mass is 31.2. The van der Waals surface area contributed by atoms with Crippen LogP contribution >= 0.6 is 8.53 Å². The van der Waals surface area contributed by atoms with E-state index < -0.39 is 57.5 Å². The van der Waals surface area contributed by atoms with E-state index in [4.69, 9.17) is 29.3 Å². The number of aromatic nitrogens is 2. The maximum Gasteiger partial charge on any atom is 0.351 e. The summed E-state index contributed by atoms with van der Waals surface area (Å²) in [4.78, 5) is 33.2. The molecule has 14 heteroatoms. The molecule has 4 unspecified atom stereocenters. The zero-order valence-electron chi connectivity index (χ0n) is 20.8. The van der Waals surface area contributed by atoms with Crippen LogP contribution in [0.4, 0.5) is 14.6 Å². The Morgan fingerprint density at radius 1 is 1.21 bits per heavy atom. The molecule has 2 aromatic carbocycles. The van der Waals surface area contributed by atoms with E-state index in [1.54, 1.807) is 37.3 Å². The highest BCUT2D eigenvalue weighted by Gasteiger charge is 2.52. The third kappa shape index (κ3) is 8.01. The molecule has 1 aromatic heterocycles. The van der Waals surface area contributed by atoms with Crippen LogP contribution < -0.4 is 21.0 Å². The number of rotatable bonds is 12. The topological polar surface area (TPSA) is 136 Å². The molecule has 0 saturated carbocycles. The van der Waals surface area contributed by atoms with Gasteiger partial charge in [-0.15, -0.1) is 0 Å². The molecule has 11 nitrogen and oxygen atoms in total.